The highest BCUT2D eigenvalue weighted by Gasteiger charge is 1.83. The van der Waals surface area contributed by atoms with Crippen LogP contribution in [0, 0.1) is 6.92 Å². The van der Waals surface area contributed by atoms with Gasteiger partial charge in [-0.3, -0.25) is 0 Å². The fourth-order valence-corrected chi connectivity index (χ4v) is 0.711. The van der Waals surface area contributed by atoms with Gasteiger partial charge in [0.25, 0.3) is 0 Å². The Kier molecular flexibility index (Phi) is 5.87. The van der Waals surface area contributed by atoms with Gasteiger partial charge >= 0.3 is 5.97 Å². The summed E-state index contributed by atoms with van der Waals surface area (Å²) in [6.07, 6.45) is 1.11. The number of carbonyl (C=O) groups excluding carboxylic acids is 1. The van der Waals surface area contributed by atoms with Crippen LogP contribution in [0.3, 0.4) is 0 Å². The first-order valence-corrected chi connectivity index (χ1v) is 4.06. The SMILES string of the molecule is C=CC(=O)OC.Cc1cccc(O)c1. The molecular formula is C11H14O3. The van der Waals surface area contributed by atoms with Gasteiger partial charge < -0.3 is 9.84 Å². The average Bonchev–Trinajstić information content (AvgIpc) is 2.17. The number of phenols is 1. The first-order valence-electron chi connectivity index (χ1n) is 4.06. The average molecular weight is 194 g/mol. The van der Waals surface area contributed by atoms with Crippen molar-refractivity contribution in [1.82, 2.24) is 0 Å². The summed E-state index contributed by atoms with van der Waals surface area (Å²) < 4.78 is 4.14. The molecule has 0 aromatic heterocycles. The zero-order chi connectivity index (χ0) is 11.0. The van der Waals surface area contributed by atoms with Crippen molar-refractivity contribution >= 4 is 5.97 Å². The first kappa shape index (κ1) is 12.2. The second-order valence-corrected chi connectivity index (χ2v) is 2.57. The Morgan fingerprint density at radius 2 is 2.21 bits per heavy atom. The molecule has 0 saturated carbocycles. The number of ether oxygens (including phenoxy) is 1. The van der Waals surface area contributed by atoms with Crippen molar-refractivity contribution in [2.75, 3.05) is 7.11 Å². The molecule has 0 aliphatic rings. The molecule has 0 unspecified atom stereocenters. The third kappa shape index (κ3) is 5.83. The van der Waals surface area contributed by atoms with E-state index in [2.05, 4.69) is 11.3 Å². The first-order chi connectivity index (χ1) is 6.60. The van der Waals surface area contributed by atoms with Crippen molar-refractivity contribution in [3.05, 3.63) is 42.5 Å². The van der Waals surface area contributed by atoms with Crippen LogP contribution in [-0.2, 0) is 9.53 Å². The zero-order valence-corrected chi connectivity index (χ0v) is 8.36. The molecule has 1 N–H and O–H groups in total. The number of aryl methyl sites for hydroxylation is 1. The maximum Gasteiger partial charge on any atom is 0.329 e. The van der Waals surface area contributed by atoms with Crippen LogP contribution < -0.4 is 0 Å². The lowest BCUT2D eigenvalue weighted by Gasteiger charge is -1.89. The quantitative estimate of drug-likeness (QED) is 0.549. The van der Waals surface area contributed by atoms with E-state index >= 15 is 0 Å². The second kappa shape index (κ2) is 6.71. The largest absolute Gasteiger partial charge is 0.508 e. The molecule has 3 heteroatoms. The third-order valence-electron chi connectivity index (χ3n) is 1.37. The number of hydrogen-bond donors (Lipinski definition) is 1. The lowest BCUT2D eigenvalue weighted by molar-refractivity contribution is -0.134. The highest BCUT2D eigenvalue weighted by molar-refractivity contribution is 5.80. The van der Waals surface area contributed by atoms with Crippen LogP contribution in [0.2, 0.25) is 0 Å². The summed E-state index contributed by atoms with van der Waals surface area (Å²) in [5.74, 6) is -0.0556. The van der Waals surface area contributed by atoms with E-state index in [4.69, 9.17) is 5.11 Å². The molecule has 1 aromatic rings. The Balaban J connectivity index is 0.000000255. The summed E-state index contributed by atoms with van der Waals surface area (Å²) in [5, 5.41) is 8.81. The van der Waals surface area contributed by atoms with E-state index in [-0.39, 0.29) is 0 Å². The van der Waals surface area contributed by atoms with E-state index in [1.54, 1.807) is 12.1 Å². The van der Waals surface area contributed by atoms with E-state index in [9.17, 15) is 4.79 Å². The Morgan fingerprint density at radius 1 is 1.57 bits per heavy atom. The van der Waals surface area contributed by atoms with E-state index in [0.29, 0.717) is 5.75 Å². The van der Waals surface area contributed by atoms with Crippen molar-refractivity contribution in [2.24, 2.45) is 0 Å². The number of rotatable bonds is 1. The molecule has 1 rings (SSSR count). The van der Waals surface area contributed by atoms with Gasteiger partial charge in [0.15, 0.2) is 0 Å². The van der Waals surface area contributed by atoms with E-state index in [0.717, 1.165) is 11.6 Å². The molecule has 0 bridgehead atoms. The number of benzene rings is 1. The molecule has 3 nitrogen and oxygen atoms in total. The van der Waals surface area contributed by atoms with Crippen molar-refractivity contribution in [3.63, 3.8) is 0 Å². The predicted molar refractivity (Wildman–Crippen MR) is 55.1 cm³/mol. The summed E-state index contributed by atoms with van der Waals surface area (Å²) in [4.78, 5) is 9.84. The van der Waals surface area contributed by atoms with Crippen LogP contribution in [-0.4, -0.2) is 18.2 Å². The third-order valence-corrected chi connectivity index (χ3v) is 1.37. The lowest BCUT2D eigenvalue weighted by Crippen LogP contribution is -1.91. The van der Waals surface area contributed by atoms with E-state index in [1.807, 2.05) is 19.1 Å². The van der Waals surface area contributed by atoms with E-state index < -0.39 is 5.97 Å². The minimum absolute atomic E-state index is 0.338. The molecule has 14 heavy (non-hydrogen) atoms. The molecule has 0 aliphatic carbocycles. The van der Waals surface area contributed by atoms with Gasteiger partial charge in [-0.15, -0.1) is 0 Å². The van der Waals surface area contributed by atoms with Crippen molar-refractivity contribution in [2.45, 2.75) is 6.92 Å². The topological polar surface area (TPSA) is 46.5 Å². The monoisotopic (exact) mass is 194 g/mol. The second-order valence-electron chi connectivity index (χ2n) is 2.57. The van der Waals surface area contributed by atoms with Crippen LogP contribution in [0.25, 0.3) is 0 Å². The Hall–Kier alpha value is -1.77. The number of esters is 1. The van der Waals surface area contributed by atoms with Crippen LogP contribution in [0.1, 0.15) is 5.56 Å². The number of methoxy groups -OCH3 is 1. The molecule has 0 heterocycles. The predicted octanol–water partition coefficient (Wildman–Crippen LogP) is 2.05. The standard InChI is InChI=1S/C7H8O.C4H6O2/c1-6-3-2-4-7(8)5-6;1-3-4(5)6-2/h2-5,8H,1H3;3H,1H2,2H3. The zero-order valence-electron chi connectivity index (χ0n) is 8.36. The van der Waals surface area contributed by atoms with Gasteiger partial charge in [0.1, 0.15) is 5.75 Å². The Labute approximate surface area is 83.6 Å². The van der Waals surface area contributed by atoms with Crippen molar-refractivity contribution in [1.29, 1.82) is 0 Å². The minimum Gasteiger partial charge on any atom is -0.508 e. The molecule has 0 spiro atoms. The van der Waals surface area contributed by atoms with Crippen LogP contribution >= 0.6 is 0 Å². The van der Waals surface area contributed by atoms with Crippen LogP contribution in [0.4, 0.5) is 0 Å². The highest BCUT2D eigenvalue weighted by atomic mass is 16.5. The summed E-state index contributed by atoms with van der Waals surface area (Å²) in [5.41, 5.74) is 1.09. The number of aromatic hydroxyl groups is 1. The molecule has 0 saturated heterocycles. The maximum atomic E-state index is 9.84. The fraction of sp³-hybridized carbons (Fsp3) is 0.182. The highest BCUT2D eigenvalue weighted by Crippen LogP contribution is 2.08. The van der Waals surface area contributed by atoms with Gasteiger partial charge in [-0.2, -0.15) is 0 Å². The molecule has 0 amide bonds. The van der Waals surface area contributed by atoms with Crippen molar-refractivity contribution < 1.29 is 14.6 Å². The minimum atomic E-state index is -0.394. The molecule has 0 fully saturated rings. The van der Waals surface area contributed by atoms with Gasteiger partial charge in [-0.05, 0) is 24.6 Å². The van der Waals surface area contributed by atoms with Gasteiger partial charge in [0, 0.05) is 6.08 Å². The Morgan fingerprint density at radius 3 is 2.43 bits per heavy atom. The summed E-state index contributed by atoms with van der Waals surface area (Å²) >= 11 is 0. The van der Waals surface area contributed by atoms with Gasteiger partial charge in [0.2, 0.25) is 0 Å². The molecule has 76 valence electrons. The molecular weight excluding hydrogens is 180 g/mol. The molecule has 1 aromatic carbocycles. The maximum absolute atomic E-state index is 9.84. The summed E-state index contributed by atoms with van der Waals surface area (Å²) in [6.45, 7) is 5.10. The number of phenolic OH excluding ortho intramolecular Hbond substituents is 1. The van der Waals surface area contributed by atoms with Crippen LogP contribution in [0.15, 0.2) is 36.9 Å². The number of carbonyl (C=O) groups is 1. The van der Waals surface area contributed by atoms with Gasteiger partial charge in [-0.25, -0.2) is 4.79 Å². The van der Waals surface area contributed by atoms with E-state index in [1.165, 1.54) is 7.11 Å². The smallest absolute Gasteiger partial charge is 0.329 e. The van der Waals surface area contributed by atoms with Crippen LogP contribution in [0.5, 0.6) is 5.75 Å². The van der Waals surface area contributed by atoms with Crippen molar-refractivity contribution in [3.8, 4) is 5.75 Å². The summed E-state index contributed by atoms with van der Waals surface area (Å²) in [6, 6.07) is 7.15. The fourth-order valence-electron chi connectivity index (χ4n) is 0.711. The van der Waals surface area contributed by atoms with Gasteiger partial charge in [0.05, 0.1) is 7.11 Å². The number of hydrogen-bond acceptors (Lipinski definition) is 3. The molecule has 0 atom stereocenters. The lowest BCUT2D eigenvalue weighted by atomic mass is 10.2. The molecule has 0 radical (unpaired) electrons. The summed E-state index contributed by atoms with van der Waals surface area (Å²) in [7, 11) is 1.31. The molecule has 0 aliphatic heterocycles. The Bertz CT molecular complexity index is 288. The normalized spacial score (nSPS) is 8.14. The van der Waals surface area contributed by atoms with Gasteiger partial charge in [-0.1, -0.05) is 18.7 Å².